The van der Waals surface area contributed by atoms with E-state index in [1.54, 1.807) is 0 Å². The molecule has 0 bridgehead atoms. The van der Waals surface area contributed by atoms with Gasteiger partial charge in [-0.3, -0.25) is 0 Å². The molecule has 0 aromatic heterocycles. The van der Waals surface area contributed by atoms with E-state index in [1.165, 1.54) is 11.1 Å². The van der Waals surface area contributed by atoms with Crippen LogP contribution in [-0.4, -0.2) is 0 Å². The molecule has 4 rings (SSSR count). The Balaban J connectivity index is 0.000000325. The Morgan fingerprint density at radius 3 is 1.56 bits per heavy atom. The van der Waals surface area contributed by atoms with Gasteiger partial charge in [0.2, 0.25) is 0 Å². The minimum absolute atomic E-state index is 0. The predicted molar refractivity (Wildman–Crippen MR) is 102 cm³/mol. The van der Waals surface area contributed by atoms with Gasteiger partial charge in [-0.15, -0.1) is 29.8 Å². The molecule has 0 heterocycles. The van der Waals surface area contributed by atoms with Crippen LogP contribution >= 0.6 is 0 Å². The zero-order valence-electron chi connectivity index (χ0n) is 13.7. The monoisotopic (exact) mass is 362 g/mol. The summed E-state index contributed by atoms with van der Waals surface area (Å²) in [4.78, 5) is 0. The first-order valence-electron chi connectivity index (χ1n) is 7.98. The van der Waals surface area contributed by atoms with Crippen LogP contribution in [0.2, 0.25) is 0 Å². The van der Waals surface area contributed by atoms with E-state index >= 15 is 0 Å². The Morgan fingerprint density at radius 2 is 1.04 bits per heavy atom. The van der Waals surface area contributed by atoms with Crippen LogP contribution in [0.1, 0.15) is 11.1 Å². The molecule has 0 spiro atoms. The first-order valence-corrected chi connectivity index (χ1v) is 7.98. The van der Waals surface area contributed by atoms with Crippen molar-refractivity contribution in [2.75, 3.05) is 0 Å². The minimum atomic E-state index is 0. The molecule has 0 fully saturated rings. The molecule has 0 aliphatic rings. The van der Waals surface area contributed by atoms with Gasteiger partial charge in [-0.2, -0.15) is 12.1 Å². The molecule has 0 aliphatic heterocycles. The second kappa shape index (κ2) is 10.2. The molecule has 4 aromatic rings. The Morgan fingerprint density at radius 1 is 0.560 bits per heavy atom. The molecule has 0 saturated carbocycles. The standard InChI is InChI=1S/C19H13.C5H5.Fe/c1-2-6-16(7-3-1)10-11-17-12-14-19(15-13-17)18-8-4-5-9-18;1-2-4-5-3-1;/h1-9,12-15H;1-5H;/q-1;-5;. The van der Waals surface area contributed by atoms with E-state index in [0.717, 1.165) is 11.1 Å². The summed E-state index contributed by atoms with van der Waals surface area (Å²) in [6, 6.07) is 36.7. The van der Waals surface area contributed by atoms with Crippen LogP contribution in [0.4, 0.5) is 0 Å². The first-order chi connectivity index (χ1) is 11.9. The molecule has 0 atom stereocenters. The fourth-order valence-corrected chi connectivity index (χ4v) is 2.30. The summed E-state index contributed by atoms with van der Waals surface area (Å²) in [7, 11) is 0. The van der Waals surface area contributed by atoms with Gasteiger partial charge in [-0.25, -0.2) is 0 Å². The maximum absolute atomic E-state index is 3.18. The van der Waals surface area contributed by atoms with Crippen LogP contribution in [0.25, 0.3) is 11.1 Å². The van der Waals surface area contributed by atoms with Gasteiger partial charge in [0.25, 0.3) is 0 Å². The van der Waals surface area contributed by atoms with E-state index in [-0.39, 0.29) is 17.1 Å². The fraction of sp³-hybridized carbons (Fsp3) is 0. The van der Waals surface area contributed by atoms with Gasteiger partial charge in [-0.1, -0.05) is 47.7 Å². The summed E-state index contributed by atoms with van der Waals surface area (Å²) in [6.45, 7) is 0. The van der Waals surface area contributed by atoms with Crippen molar-refractivity contribution in [3.8, 4) is 23.0 Å². The van der Waals surface area contributed by atoms with Gasteiger partial charge >= 0.3 is 0 Å². The average Bonchev–Trinajstić information content (AvgIpc) is 3.37. The SMILES string of the molecule is C(#Cc1ccc(-[c-]2cccc2)cc1)c1ccccc1.[Fe].[cH-]1[cH-][cH-][cH-][cH-]1. The molecule has 128 valence electrons. The van der Waals surface area contributed by atoms with Crippen LogP contribution in [-0.2, 0) is 17.1 Å². The van der Waals surface area contributed by atoms with Crippen molar-refractivity contribution >= 4 is 0 Å². The largest absolute Gasteiger partial charge is 0.748 e. The molecule has 0 saturated heterocycles. The topological polar surface area (TPSA) is 0 Å². The molecule has 0 N–H and O–H groups in total. The maximum atomic E-state index is 3.18. The van der Waals surface area contributed by atoms with E-state index in [1.807, 2.05) is 60.7 Å². The molecular formula is C24H18Fe-6. The van der Waals surface area contributed by atoms with E-state index in [4.69, 9.17) is 0 Å². The van der Waals surface area contributed by atoms with E-state index in [2.05, 4.69) is 60.4 Å². The summed E-state index contributed by atoms with van der Waals surface area (Å²) in [5.41, 5.74) is 4.57. The van der Waals surface area contributed by atoms with Crippen molar-refractivity contribution in [1.82, 2.24) is 0 Å². The third kappa shape index (κ3) is 5.97. The molecule has 0 nitrogen and oxygen atoms in total. The van der Waals surface area contributed by atoms with Crippen molar-refractivity contribution in [2.24, 2.45) is 0 Å². The Bertz CT molecular complexity index is 855. The third-order valence-corrected chi connectivity index (χ3v) is 3.56. The number of hydrogen-bond acceptors (Lipinski definition) is 0. The Hall–Kier alpha value is -2.78. The molecule has 1 heteroatoms. The van der Waals surface area contributed by atoms with Crippen LogP contribution in [0.3, 0.4) is 0 Å². The van der Waals surface area contributed by atoms with E-state index in [9.17, 15) is 0 Å². The smallest absolute Gasteiger partial charge is 0.0249 e. The normalized spacial score (nSPS) is 8.96. The van der Waals surface area contributed by atoms with E-state index in [0.29, 0.717) is 0 Å². The Labute approximate surface area is 160 Å². The van der Waals surface area contributed by atoms with Crippen molar-refractivity contribution in [1.29, 1.82) is 0 Å². The van der Waals surface area contributed by atoms with Crippen molar-refractivity contribution < 1.29 is 17.1 Å². The van der Waals surface area contributed by atoms with Crippen LogP contribution in [0.15, 0.2) is 109 Å². The second-order valence-corrected chi connectivity index (χ2v) is 5.33. The molecule has 0 amide bonds. The molecule has 0 unspecified atom stereocenters. The van der Waals surface area contributed by atoms with Gasteiger partial charge < -0.3 is 30.3 Å². The molecule has 25 heavy (non-hydrogen) atoms. The first kappa shape index (κ1) is 18.6. The van der Waals surface area contributed by atoms with Gasteiger partial charge in [0.15, 0.2) is 0 Å². The molecular weight excluding hydrogens is 344 g/mol. The third-order valence-electron chi connectivity index (χ3n) is 3.56. The summed E-state index contributed by atoms with van der Waals surface area (Å²) in [6.07, 6.45) is 0. The summed E-state index contributed by atoms with van der Waals surface area (Å²) >= 11 is 0. The maximum Gasteiger partial charge on any atom is 0.0249 e. The van der Waals surface area contributed by atoms with Crippen molar-refractivity contribution in [3.63, 3.8) is 0 Å². The van der Waals surface area contributed by atoms with Gasteiger partial charge in [0.1, 0.15) is 0 Å². The summed E-state index contributed by atoms with van der Waals surface area (Å²) in [5.74, 6) is 6.35. The zero-order valence-corrected chi connectivity index (χ0v) is 14.9. The zero-order chi connectivity index (χ0) is 16.5. The van der Waals surface area contributed by atoms with Crippen molar-refractivity contribution in [2.45, 2.75) is 0 Å². The van der Waals surface area contributed by atoms with Crippen molar-refractivity contribution in [3.05, 3.63) is 120 Å². The van der Waals surface area contributed by atoms with Gasteiger partial charge in [-0.05, 0) is 12.1 Å². The minimum Gasteiger partial charge on any atom is -0.748 e. The average molecular weight is 362 g/mol. The quantitative estimate of drug-likeness (QED) is 0.226. The predicted octanol–water partition coefficient (Wildman–Crippen LogP) is 5.88. The van der Waals surface area contributed by atoms with Crippen LogP contribution in [0.5, 0.6) is 0 Å². The van der Waals surface area contributed by atoms with Crippen LogP contribution in [0, 0.1) is 11.8 Å². The number of rotatable bonds is 1. The summed E-state index contributed by atoms with van der Waals surface area (Å²) in [5, 5.41) is 0. The molecule has 0 aliphatic carbocycles. The van der Waals surface area contributed by atoms with Gasteiger partial charge in [0, 0.05) is 28.2 Å². The van der Waals surface area contributed by atoms with Crippen LogP contribution < -0.4 is 0 Å². The number of benzene rings is 2. The Kier molecular flexibility index (Phi) is 7.54. The molecule has 0 radical (unpaired) electrons. The second-order valence-electron chi connectivity index (χ2n) is 5.33. The van der Waals surface area contributed by atoms with Gasteiger partial charge in [0.05, 0.1) is 0 Å². The molecule has 4 aromatic carbocycles. The summed E-state index contributed by atoms with van der Waals surface area (Å²) < 4.78 is 0. The fourth-order valence-electron chi connectivity index (χ4n) is 2.30. The van der Waals surface area contributed by atoms with E-state index < -0.39 is 0 Å². The number of hydrogen-bond donors (Lipinski definition) is 0.